The molecule has 25 heavy (non-hydrogen) atoms. The maximum absolute atomic E-state index is 12.3. The number of hydrogen-bond acceptors (Lipinski definition) is 6. The van der Waals surface area contributed by atoms with Crippen molar-refractivity contribution in [2.24, 2.45) is 0 Å². The van der Waals surface area contributed by atoms with Crippen molar-refractivity contribution < 1.29 is 24.3 Å². The van der Waals surface area contributed by atoms with Gasteiger partial charge in [0.25, 0.3) is 0 Å². The molecule has 3 N–H and O–H groups in total. The molecule has 0 bridgehead atoms. The van der Waals surface area contributed by atoms with Crippen molar-refractivity contribution >= 4 is 12.1 Å². The fourth-order valence-corrected chi connectivity index (χ4v) is 2.08. The summed E-state index contributed by atoms with van der Waals surface area (Å²) < 4.78 is 10.5. The molecule has 0 saturated carbocycles. The third kappa shape index (κ3) is 9.69. The van der Waals surface area contributed by atoms with Crippen molar-refractivity contribution in [1.29, 1.82) is 0 Å². The maximum Gasteiger partial charge on any atom is 0.408 e. The number of amides is 1. The zero-order chi connectivity index (χ0) is 18.7. The average molecular weight is 352 g/mol. The molecule has 0 saturated heterocycles. The van der Waals surface area contributed by atoms with Crippen molar-refractivity contribution in [2.45, 2.75) is 58.3 Å². The number of carbonyl (C=O) groups is 2. The van der Waals surface area contributed by atoms with E-state index in [1.807, 2.05) is 30.3 Å². The first-order chi connectivity index (χ1) is 11.8. The van der Waals surface area contributed by atoms with E-state index >= 15 is 0 Å². The Kier molecular flexibility index (Phi) is 8.94. The first-order valence-corrected chi connectivity index (χ1v) is 8.39. The van der Waals surface area contributed by atoms with Gasteiger partial charge in [0.1, 0.15) is 18.2 Å². The van der Waals surface area contributed by atoms with Gasteiger partial charge < -0.3 is 20.0 Å². The van der Waals surface area contributed by atoms with E-state index in [4.69, 9.17) is 14.7 Å². The summed E-state index contributed by atoms with van der Waals surface area (Å²) in [7, 11) is 0. The lowest BCUT2D eigenvalue weighted by Gasteiger charge is -2.24. The van der Waals surface area contributed by atoms with E-state index in [1.165, 1.54) is 0 Å². The van der Waals surface area contributed by atoms with Gasteiger partial charge in [0.05, 0.1) is 0 Å². The Balaban J connectivity index is 2.54. The highest BCUT2D eigenvalue weighted by Gasteiger charge is 2.26. The summed E-state index contributed by atoms with van der Waals surface area (Å²) in [4.78, 5) is 24.3. The number of nitrogens with one attached hydrogen (secondary N) is 2. The number of hydroxylamine groups is 1. The predicted octanol–water partition coefficient (Wildman–Crippen LogP) is 2.77. The number of esters is 1. The summed E-state index contributed by atoms with van der Waals surface area (Å²) in [6.45, 7) is 5.85. The highest BCUT2D eigenvalue weighted by Crippen LogP contribution is 2.12. The second-order valence-electron chi connectivity index (χ2n) is 6.70. The monoisotopic (exact) mass is 352 g/mol. The lowest BCUT2D eigenvalue weighted by Crippen LogP contribution is -2.44. The molecule has 140 valence electrons. The lowest BCUT2D eigenvalue weighted by atomic mass is 10.1. The Labute approximate surface area is 148 Å². The maximum atomic E-state index is 12.3. The van der Waals surface area contributed by atoms with Crippen LogP contribution in [0.15, 0.2) is 30.3 Å². The highest BCUT2D eigenvalue weighted by molar-refractivity contribution is 5.81. The van der Waals surface area contributed by atoms with E-state index in [0.717, 1.165) is 5.56 Å². The van der Waals surface area contributed by atoms with E-state index in [1.54, 1.807) is 20.8 Å². The number of unbranched alkanes of at least 4 members (excludes halogenated alkanes) is 1. The van der Waals surface area contributed by atoms with Gasteiger partial charge in [0, 0.05) is 6.54 Å². The molecule has 0 aliphatic heterocycles. The largest absolute Gasteiger partial charge is 0.458 e. The fraction of sp³-hybridized carbons (Fsp3) is 0.556. The first kappa shape index (κ1) is 20.9. The van der Waals surface area contributed by atoms with Crippen LogP contribution in [0.1, 0.15) is 45.6 Å². The molecule has 1 aromatic carbocycles. The Morgan fingerprint density at radius 1 is 1.16 bits per heavy atom. The number of alkyl carbamates (subject to hydrolysis) is 1. The summed E-state index contributed by atoms with van der Waals surface area (Å²) in [6.07, 6.45) is 1.03. The molecule has 0 radical (unpaired) electrons. The molecule has 0 unspecified atom stereocenters. The van der Waals surface area contributed by atoms with Gasteiger partial charge in [0.2, 0.25) is 0 Å². The van der Waals surface area contributed by atoms with Crippen LogP contribution in [0.25, 0.3) is 0 Å². The van der Waals surface area contributed by atoms with Crippen LogP contribution in [0.3, 0.4) is 0 Å². The average Bonchev–Trinajstić information content (AvgIpc) is 2.55. The van der Waals surface area contributed by atoms with Crippen LogP contribution < -0.4 is 10.8 Å². The highest BCUT2D eigenvalue weighted by atomic mass is 16.6. The SMILES string of the molecule is CC(C)(C)OC(=O)[C@H](CCCCNO)NC(=O)OCc1ccccc1. The van der Waals surface area contributed by atoms with Gasteiger partial charge >= 0.3 is 12.1 Å². The molecule has 7 heteroatoms. The molecule has 7 nitrogen and oxygen atoms in total. The Bertz CT molecular complexity index is 528. The molecule has 1 atom stereocenters. The van der Waals surface area contributed by atoms with Crippen molar-refractivity contribution in [3.8, 4) is 0 Å². The van der Waals surface area contributed by atoms with Gasteiger partial charge in [-0.25, -0.2) is 15.1 Å². The minimum atomic E-state index is -0.791. The predicted molar refractivity (Wildman–Crippen MR) is 93.0 cm³/mol. The number of carbonyl (C=O) groups excluding carboxylic acids is 2. The summed E-state index contributed by atoms with van der Waals surface area (Å²) in [5, 5.41) is 11.2. The second kappa shape index (κ2) is 10.7. The van der Waals surface area contributed by atoms with Gasteiger partial charge in [-0.2, -0.15) is 0 Å². The molecule has 0 fully saturated rings. The minimum absolute atomic E-state index is 0.127. The molecule has 1 rings (SSSR count). The van der Waals surface area contributed by atoms with Gasteiger partial charge in [-0.05, 0) is 45.6 Å². The number of hydrogen-bond donors (Lipinski definition) is 3. The third-order valence-electron chi connectivity index (χ3n) is 3.23. The van der Waals surface area contributed by atoms with Crippen LogP contribution in [0.2, 0.25) is 0 Å². The van der Waals surface area contributed by atoms with Crippen molar-refractivity contribution in [1.82, 2.24) is 10.8 Å². The summed E-state index contributed by atoms with van der Waals surface area (Å²) in [5.74, 6) is -0.499. The van der Waals surface area contributed by atoms with Crippen LogP contribution in [0.5, 0.6) is 0 Å². The van der Waals surface area contributed by atoms with Crippen LogP contribution in [0.4, 0.5) is 4.79 Å². The molecule has 1 aromatic rings. The van der Waals surface area contributed by atoms with Crippen LogP contribution in [-0.4, -0.2) is 35.5 Å². The summed E-state index contributed by atoms with van der Waals surface area (Å²) >= 11 is 0. The molecule has 0 heterocycles. The molecule has 0 aliphatic carbocycles. The molecular formula is C18H28N2O5. The normalized spacial score (nSPS) is 12.3. The Morgan fingerprint density at radius 2 is 1.84 bits per heavy atom. The Morgan fingerprint density at radius 3 is 2.44 bits per heavy atom. The lowest BCUT2D eigenvalue weighted by molar-refractivity contribution is -0.157. The van der Waals surface area contributed by atoms with E-state index in [2.05, 4.69) is 10.8 Å². The standard InChI is InChI=1S/C18H28N2O5/c1-18(2,3)25-16(21)15(11-7-8-12-19-23)20-17(22)24-13-14-9-5-4-6-10-14/h4-6,9-10,15,19,23H,7-8,11-13H2,1-3H3,(H,20,22)/t15-/m0/s1. The number of ether oxygens (including phenoxy) is 2. The number of benzene rings is 1. The molecule has 0 spiro atoms. The van der Waals surface area contributed by atoms with E-state index in [-0.39, 0.29) is 6.61 Å². The van der Waals surface area contributed by atoms with Crippen LogP contribution in [-0.2, 0) is 20.9 Å². The smallest absolute Gasteiger partial charge is 0.408 e. The molecule has 0 aromatic heterocycles. The summed E-state index contributed by atoms with van der Waals surface area (Å²) in [5.41, 5.74) is 2.28. The van der Waals surface area contributed by atoms with Gasteiger partial charge in [-0.3, -0.25) is 0 Å². The van der Waals surface area contributed by atoms with Crippen molar-refractivity contribution in [2.75, 3.05) is 6.54 Å². The van der Waals surface area contributed by atoms with E-state index < -0.39 is 23.7 Å². The molecule has 1 amide bonds. The third-order valence-corrected chi connectivity index (χ3v) is 3.23. The minimum Gasteiger partial charge on any atom is -0.458 e. The van der Waals surface area contributed by atoms with E-state index in [9.17, 15) is 9.59 Å². The second-order valence-corrected chi connectivity index (χ2v) is 6.70. The van der Waals surface area contributed by atoms with E-state index in [0.29, 0.717) is 25.8 Å². The fourth-order valence-electron chi connectivity index (χ4n) is 2.08. The van der Waals surface area contributed by atoms with Gasteiger partial charge in [-0.15, -0.1) is 0 Å². The van der Waals surface area contributed by atoms with Crippen LogP contribution in [0, 0.1) is 0 Å². The van der Waals surface area contributed by atoms with Gasteiger partial charge in [0.15, 0.2) is 0 Å². The zero-order valence-corrected chi connectivity index (χ0v) is 15.1. The van der Waals surface area contributed by atoms with Crippen molar-refractivity contribution in [3.63, 3.8) is 0 Å². The van der Waals surface area contributed by atoms with Crippen molar-refractivity contribution in [3.05, 3.63) is 35.9 Å². The first-order valence-electron chi connectivity index (χ1n) is 8.39. The summed E-state index contributed by atoms with van der Waals surface area (Å²) in [6, 6.07) is 8.50. The van der Waals surface area contributed by atoms with Crippen LogP contribution >= 0.6 is 0 Å². The Hall–Kier alpha value is -2.12. The molecular weight excluding hydrogens is 324 g/mol. The van der Waals surface area contributed by atoms with Gasteiger partial charge in [-0.1, -0.05) is 30.3 Å². The number of rotatable bonds is 9. The topological polar surface area (TPSA) is 96.9 Å². The zero-order valence-electron chi connectivity index (χ0n) is 15.1. The molecule has 0 aliphatic rings. The quantitative estimate of drug-likeness (QED) is 0.359.